The molecular weight excluding hydrogens is 256 g/mol. The van der Waals surface area contributed by atoms with E-state index in [0.29, 0.717) is 12.8 Å². The molecule has 1 aliphatic rings. The van der Waals surface area contributed by atoms with Crippen LogP contribution in [-0.4, -0.2) is 31.0 Å². The van der Waals surface area contributed by atoms with Crippen molar-refractivity contribution in [3.05, 3.63) is 0 Å². The third kappa shape index (κ3) is 3.82. The Morgan fingerprint density at radius 2 is 1.89 bits per heavy atom. The Hall–Kier alpha value is -0.860. The van der Waals surface area contributed by atoms with Crippen molar-refractivity contribution < 1.29 is 13.6 Å². The fourth-order valence-corrected chi connectivity index (χ4v) is 3.76. The number of hydrogen-bond acceptors (Lipinski definition) is 4. The van der Waals surface area contributed by atoms with Gasteiger partial charge in [-0.15, -0.1) is 0 Å². The van der Waals surface area contributed by atoms with Gasteiger partial charge in [-0.05, 0) is 26.7 Å². The van der Waals surface area contributed by atoms with Gasteiger partial charge in [-0.2, -0.15) is 17.9 Å². The minimum atomic E-state index is -3.67. The summed E-state index contributed by atoms with van der Waals surface area (Å²) in [6.07, 6.45) is 3.81. The van der Waals surface area contributed by atoms with Crippen molar-refractivity contribution in [1.29, 1.82) is 0 Å². The average molecular weight is 278 g/mol. The molecule has 0 spiro atoms. The second-order valence-corrected chi connectivity index (χ2v) is 6.45. The summed E-state index contributed by atoms with van der Waals surface area (Å²) in [5, 5.41) is 11.8. The molecule has 7 nitrogen and oxygen atoms in total. The molecule has 0 aliphatic heterocycles. The van der Waals surface area contributed by atoms with Crippen molar-refractivity contribution >= 4 is 16.0 Å². The second kappa shape index (κ2) is 5.85. The van der Waals surface area contributed by atoms with E-state index in [9.17, 15) is 8.42 Å². The minimum absolute atomic E-state index is 0.0728. The van der Waals surface area contributed by atoms with Gasteiger partial charge in [0, 0.05) is 6.04 Å². The first kappa shape index (κ1) is 15.2. The zero-order valence-corrected chi connectivity index (χ0v) is 11.6. The summed E-state index contributed by atoms with van der Waals surface area (Å²) in [7, 11) is -3.67. The normalized spacial score (nSPS) is 21.2. The molecular formula is C10H22N4O3S. The molecule has 0 aromatic heterocycles. The van der Waals surface area contributed by atoms with E-state index in [2.05, 4.69) is 14.6 Å². The molecule has 1 fully saturated rings. The SMILES string of the molecule is CC(C)NS(=O)(=O)NC1(C(N)=NO)CCCCC1. The van der Waals surface area contributed by atoms with Crippen molar-refractivity contribution in [2.24, 2.45) is 10.9 Å². The van der Waals surface area contributed by atoms with Crippen LogP contribution in [0.3, 0.4) is 0 Å². The van der Waals surface area contributed by atoms with Crippen LogP contribution in [0.1, 0.15) is 46.0 Å². The van der Waals surface area contributed by atoms with E-state index >= 15 is 0 Å². The molecule has 0 radical (unpaired) electrons. The highest BCUT2D eigenvalue weighted by atomic mass is 32.2. The molecule has 0 aromatic rings. The van der Waals surface area contributed by atoms with Crippen LogP contribution in [0, 0.1) is 0 Å². The first-order valence-electron chi connectivity index (χ1n) is 6.10. The van der Waals surface area contributed by atoms with Gasteiger partial charge in [0.1, 0.15) is 0 Å². The Kier molecular flexibility index (Phi) is 4.94. The predicted octanol–water partition coefficient (Wildman–Crippen LogP) is 0.268. The number of amidine groups is 1. The Morgan fingerprint density at radius 1 is 1.33 bits per heavy atom. The zero-order valence-electron chi connectivity index (χ0n) is 10.8. The molecule has 8 heteroatoms. The third-order valence-electron chi connectivity index (χ3n) is 3.03. The van der Waals surface area contributed by atoms with Gasteiger partial charge in [-0.3, -0.25) is 0 Å². The van der Waals surface area contributed by atoms with Crippen molar-refractivity contribution in [3.63, 3.8) is 0 Å². The van der Waals surface area contributed by atoms with Crippen molar-refractivity contribution in [1.82, 2.24) is 9.44 Å². The summed E-state index contributed by atoms with van der Waals surface area (Å²) in [4.78, 5) is 0. The van der Waals surface area contributed by atoms with Gasteiger partial charge < -0.3 is 10.9 Å². The maximum Gasteiger partial charge on any atom is 0.278 e. The largest absolute Gasteiger partial charge is 0.409 e. The minimum Gasteiger partial charge on any atom is -0.409 e. The van der Waals surface area contributed by atoms with Gasteiger partial charge in [0.15, 0.2) is 5.84 Å². The standard InChI is InChI=1S/C10H22N4O3S/c1-8(2)13-18(16,17)14-10(9(11)12-15)6-4-3-5-7-10/h8,13-15H,3-7H2,1-2H3,(H2,11,12). The topological polar surface area (TPSA) is 117 Å². The van der Waals surface area contributed by atoms with E-state index in [0.717, 1.165) is 19.3 Å². The van der Waals surface area contributed by atoms with E-state index in [-0.39, 0.29) is 11.9 Å². The molecule has 0 amide bonds. The molecule has 106 valence electrons. The number of rotatable bonds is 5. The first-order valence-corrected chi connectivity index (χ1v) is 7.59. The van der Waals surface area contributed by atoms with Gasteiger partial charge in [0.2, 0.25) is 0 Å². The molecule has 1 saturated carbocycles. The fourth-order valence-electron chi connectivity index (χ4n) is 2.26. The number of nitrogens with two attached hydrogens (primary N) is 1. The van der Waals surface area contributed by atoms with Crippen LogP contribution in [0.2, 0.25) is 0 Å². The quantitative estimate of drug-likeness (QED) is 0.250. The molecule has 18 heavy (non-hydrogen) atoms. The Labute approximate surface area is 108 Å². The summed E-state index contributed by atoms with van der Waals surface area (Å²) in [6.45, 7) is 3.46. The predicted molar refractivity (Wildman–Crippen MR) is 69.6 cm³/mol. The second-order valence-electron chi connectivity index (χ2n) is 5.01. The maximum absolute atomic E-state index is 11.9. The molecule has 0 saturated heterocycles. The summed E-state index contributed by atoms with van der Waals surface area (Å²) in [5.74, 6) is -0.0728. The number of hydrogen-bond donors (Lipinski definition) is 4. The van der Waals surface area contributed by atoms with Crippen LogP contribution in [0.4, 0.5) is 0 Å². The van der Waals surface area contributed by atoms with Crippen LogP contribution >= 0.6 is 0 Å². The number of nitrogens with zero attached hydrogens (tertiary/aromatic N) is 1. The Morgan fingerprint density at radius 3 is 2.33 bits per heavy atom. The molecule has 1 aliphatic carbocycles. The number of oxime groups is 1. The van der Waals surface area contributed by atoms with Gasteiger partial charge in [0.05, 0.1) is 5.54 Å². The van der Waals surface area contributed by atoms with Crippen LogP contribution in [0.15, 0.2) is 5.16 Å². The highest BCUT2D eigenvalue weighted by Crippen LogP contribution is 2.29. The highest BCUT2D eigenvalue weighted by Gasteiger charge is 2.40. The molecule has 0 heterocycles. The summed E-state index contributed by atoms with van der Waals surface area (Å²) in [5.41, 5.74) is 4.70. The summed E-state index contributed by atoms with van der Waals surface area (Å²) < 4.78 is 28.8. The van der Waals surface area contributed by atoms with Crippen molar-refractivity contribution in [2.75, 3.05) is 0 Å². The van der Waals surface area contributed by atoms with Crippen LogP contribution in [-0.2, 0) is 10.2 Å². The van der Waals surface area contributed by atoms with Gasteiger partial charge >= 0.3 is 0 Å². The van der Waals surface area contributed by atoms with E-state index in [1.165, 1.54) is 0 Å². The maximum atomic E-state index is 11.9. The van der Waals surface area contributed by atoms with E-state index in [4.69, 9.17) is 10.9 Å². The summed E-state index contributed by atoms with van der Waals surface area (Å²) >= 11 is 0. The lowest BCUT2D eigenvalue weighted by atomic mass is 9.82. The average Bonchev–Trinajstić information content (AvgIpc) is 2.26. The van der Waals surface area contributed by atoms with Gasteiger partial charge in [0.25, 0.3) is 10.2 Å². The van der Waals surface area contributed by atoms with Crippen LogP contribution in [0.5, 0.6) is 0 Å². The van der Waals surface area contributed by atoms with Gasteiger partial charge in [-0.25, -0.2) is 0 Å². The smallest absolute Gasteiger partial charge is 0.278 e. The van der Waals surface area contributed by atoms with E-state index in [1.54, 1.807) is 13.8 Å². The molecule has 0 unspecified atom stereocenters. The Balaban J connectivity index is 2.92. The first-order chi connectivity index (χ1) is 8.31. The van der Waals surface area contributed by atoms with E-state index < -0.39 is 15.7 Å². The third-order valence-corrected chi connectivity index (χ3v) is 4.47. The molecule has 0 atom stereocenters. The fraction of sp³-hybridized carbons (Fsp3) is 0.900. The lowest BCUT2D eigenvalue weighted by Crippen LogP contribution is -2.61. The summed E-state index contributed by atoms with van der Waals surface area (Å²) in [6, 6.07) is -0.213. The van der Waals surface area contributed by atoms with Crippen LogP contribution in [0.25, 0.3) is 0 Å². The molecule has 5 N–H and O–H groups in total. The van der Waals surface area contributed by atoms with Crippen LogP contribution < -0.4 is 15.2 Å². The Bertz CT molecular complexity index is 399. The van der Waals surface area contributed by atoms with Crippen molar-refractivity contribution in [2.45, 2.75) is 57.5 Å². The van der Waals surface area contributed by atoms with E-state index in [1.807, 2.05) is 0 Å². The highest BCUT2D eigenvalue weighted by molar-refractivity contribution is 7.87. The molecule has 0 aromatic carbocycles. The lowest BCUT2D eigenvalue weighted by Gasteiger charge is -2.36. The molecule has 0 bridgehead atoms. The molecule has 1 rings (SSSR count). The monoisotopic (exact) mass is 278 g/mol. The number of nitrogens with one attached hydrogen (secondary N) is 2. The van der Waals surface area contributed by atoms with Gasteiger partial charge in [-0.1, -0.05) is 24.4 Å². The lowest BCUT2D eigenvalue weighted by molar-refractivity contribution is 0.293. The van der Waals surface area contributed by atoms with Crippen molar-refractivity contribution in [3.8, 4) is 0 Å². The zero-order chi connectivity index (χ0) is 13.8.